The summed E-state index contributed by atoms with van der Waals surface area (Å²) in [5, 5.41) is 0. The van der Waals surface area contributed by atoms with Gasteiger partial charge in [0.15, 0.2) is 11.6 Å². The first-order chi connectivity index (χ1) is 11.3. The zero-order valence-electron chi connectivity index (χ0n) is 13.1. The number of benzene rings is 1. The number of aromatic nitrogens is 2. The van der Waals surface area contributed by atoms with E-state index in [1.165, 1.54) is 11.3 Å². The van der Waals surface area contributed by atoms with Crippen molar-refractivity contribution in [1.29, 1.82) is 0 Å². The first-order valence-corrected chi connectivity index (χ1v) is 8.13. The van der Waals surface area contributed by atoms with Gasteiger partial charge in [-0.15, -0.1) is 0 Å². The summed E-state index contributed by atoms with van der Waals surface area (Å²) in [7, 11) is 0. The van der Waals surface area contributed by atoms with Crippen LogP contribution in [0.25, 0.3) is 0 Å². The molecule has 0 atom stereocenters. The van der Waals surface area contributed by atoms with Gasteiger partial charge >= 0.3 is 0 Å². The maximum atomic E-state index is 6.45. The van der Waals surface area contributed by atoms with E-state index in [1.54, 1.807) is 6.33 Å². The zero-order chi connectivity index (χ0) is 15.6. The van der Waals surface area contributed by atoms with Crippen LogP contribution in [0.3, 0.4) is 0 Å². The largest absolute Gasteiger partial charge is 0.393 e. The number of morpholine rings is 1. The lowest BCUT2D eigenvalue weighted by Gasteiger charge is -2.33. The molecule has 2 aromatic rings. The lowest BCUT2D eigenvalue weighted by Crippen LogP contribution is -2.37. The minimum Gasteiger partial charge on any atom is -0.393 e. The van der Waals surface area contributed by atoms with Crippen LogP contribution < -0.4 is 15.5 Å². The number of rotatable bonds is 2. The summed E-state index contributed by atoms with van der Waals surface area (Å²) in [6, 6.07) is 8.48. The molecule has 2 aliphatic heterocycles. The molecule has 6 nitrogen and oxygen atoms in total. The highest BCUT2D eigenvalue weighted by molar-refractivity contribution is 5.81. The van der Waals surface area contributed by atoms with Crippen LogP contribution in [-0.2, 0) is 11.2 Å². The van der Waals surface area contributed by atoms with E-state index >= 15 is 0 Å². The molecule has 0 aliphatic carbocycles. The van der Waals surface area contributed by atoms with Gasteiger partial charge in [-0.2, -0.15) is 0 Å². The third kappa shape index (κ3) is 2.59. The Labute approximate surface area is 135 Å². The Hall–Kier alpha value is -2.34. The molecule has 0 unspecified atom stereocenters. The standard InChI is InChI=1S/C17H21N5O/c18-15-16(21-8-10-23-11-9-21)19-12-20-17(15)22-7-3-5-13-4-1-2-6-14(13)22/h1-2,4,6,12H,3,5,7-11,18H2. The van der Waals surface area contributed by atoms with Crippen molar-refractivity contribution in [3.63, 3.8) is 0 Å². The third-order valence-corrected chi connectivity index (χ3v) is 4.52. The molecule has 1 aromatic carbocycles. The van der Waals surface area contributed by atoms with Gasteiger partial charge in [-0.25, -0.2) is 9.97 Å². The van der Waals surface area contributed by atoms with Crippen LogP contribution in [0, 0.1) is 0 Å². The number of para-hydroxylation sites is 1. The molecule has 4 rings (SSSR count). The molecule has 1 saturated heterocycles. The van der Waals surface area contributed by atoms with E-state index < -0.39 is 0 Å². The summed E-state index contributed by atoms with van der Waals surface area (Å²) in [5.74, 6) is 1.63. The minimum atomic E-state index is 0.658. The minimum absolute atomic E-state index is 0.658. The fourth-order valence-electron chi connectivity index (χ4n) is 3.37. The second-order valence-electron chi connectivity index (χ2n) is 5.92. The maximum absolute atomic E-state index is 6.45. The van der Waals surface area contributed by atoms with E-state index in [9.17, 15) is 0 Å². The molecule has 2 aliphatic rings. The van der Waals surface area contributed by atoms with Crippen molar-refractivity contribution in [1.82, 2.24) is 9.97 Å². The van der Waals surface area contributed by atoms with Crippen molar-refractivity contribution in [3.05, 3.63) is 36.2 Å². The van der Waals surface area contributed by atoms with Gasteiger partial charge in [0.2, 0.25) is 0 Å². The molecule has 0 bridgehead atoms. The number of fused-ring (bicyclic) bond motifs is 1. The van der Waals surface area contributed by atoms with E-state index in [4.69, 9.17) is 10.5 Å². The highest BCUT2D eigenvalue weighted by atomic mass is 16.5. The predicted molar refractivity (Wildman–Crippen MR) is 91.2 cm³/mol. The van der Waals surface area contributed by atoms with Crippen LogP contribution >= 0.6 is 0 Å². The van der Waals surface area contributed by atoms with E-state index in [0.717, 1.165) is 44.1 Å². The Kier molecular flexibility index (Phi) is 3.75. The molecule has 1 fully saturated rings. The Morgan fingerprint density at radius 2 is 1.78 bits per heavy atom. The molecule has 1 aromatic heterocycles. The van der Waals surface area contributed by atoms with Gasteiger partial charge in [-0.1, -0.05) is 18.2 Å². The van der Waals surface area contributed by atoms with Crippen molar-refractivity contribution in [2.24, 2.45) is 0 Å². The summed E-state index contributed by atoms with van der Waals surface area (Å²) in [4.78, 5) is 13.3. The molecule has 0 radical (unpaired) electrons. The van der Waals surface area contributed by atoms with Crippen LogP contribution in [0.15, 0.2) is 30.6 Å². The molecule has 0 spiro atoms. The number of hydrogen-bond donors (Lipinski definition) is 1. The lowest BCUT2D eigenvalue weighted by molar-refractivity contribution is 0.122. The van der Waals surface area contributed by atoms with E-state index in [1.807, 2.05) is 0 Å². The summed E-state index contributed by atoms with van der Waals surface area (Å²) in [6.07, 6.45) is 3.83. The molecule has 3 heterocycles. The molecule has 0 amide bonds. The van der Waals surface area contributed by atoms with Crippen LogP contribution in [0.5, 0.6) is 0 Å². The topological polar surface area (TPSA) is 67.5 Å². The summed E-state index contributed by atoms with van der Waals surface area (Å²) in [6.45, 7) is 3.99. The smallest absolute Gasteiger partial charge is 0.161 e. The van der Waals surface area contributed by atoms with Gasteiger partial charge in [0, 0.05) is 25.3 Å². The van der Waals surface area contributed by atoms with Gasteiger partial charge in [0.05, 0.1) is 13.2 Å². The van der Waals surface area contributed by atoms with Gasteiger partial charge in [0.1, 0.15) is 12.0 Å². The average molecular weight is 311 g/mol. The van der Waals surface area contributed by atoms with E-state index in [-0.39, 0.29) is 0 Å². The first-order valence-electron chi connectivity index (χ1n) is 8.13. The molecule has 0 saturated carbocycles. The number of ether oxygens (including phenoxy) is 1. The summed E-state index contributed by atoms with van der Waals surface area (Å²) >= 11 is 0. The second kappa shape index (κ2) is 6.04. The second-order valence-corrected chi connectivity index (χ2v) is 5.92. The third-order valence-electron chi connectivity index (χ3n) is 4.52. The first kappa shape index (κ1) is 14.3. The maximum Gasteiger partial charge on any atom is 0.161 e. The van der Waals surface area contributed by atoms with Gasteiger partial charge in [-0.05, 0) is 24.5 Å². The van der Waals surface area contributed by atoms with Gasteiger partial charge in [-0.3, -0.25) is 0 Å². The Morgan fingerprint density at radius 3 is 2.65 bits per heavy atom. The molecule has 6 heteroatoms. The van der Waals surface area contributed by atoms with Crippen molar-refractivity contribution >= 4 is 23.0 Å². The number of nitrogens with zero attached hydrogens (tertiary/aromatic N) is 4. The van der Waals surface area contributed by atoms with Crippen molar-refractivity contribution < 1.29 is 4.74 Å². The predicted octanol–water partition coefficient (Wildman–Crippen LogP) is 1.98. The van der Waals surface area contributed by atoms with Crippen LogP contribution in [0.4, 0.5) is 23.0 Å². The van der Waals surface area contributed by atoms with Crippen molar-refractivity contribution in [3.8, 4) is 0 Å². The van der Waals surface area contributed by atoms with Crippen LogP contribution in [0.1, 0.15) is 12.0 Å². The number of aryl methyl sites for hydroxylation is 1. The fourth-order valence-corrected chi connectivity index (χ4v) is 3.37. The van der Waals surface area contributed by atoms with Crippen molar-refractivity contribution in [2.45, 2.75) is 12.8 Å². The fraction of sp³-hybridized carbons (Fsp3) is 0.412. The SMILES string of the molecule is Nc1c(N2CCOCC2)ncnc1N1CCCc2ccccc21. The molecule has 23 heavy (non-hydrogen) atoms. The number of nitrogen functional groups attached to an aromatic ring is 1. The number of hydrogen-bond acceptors (Lipinski definition) is 6. The number of anilines is 4. The highest BCUT2D eigenvalue weighted by Gasteiger charge is 2.24. The van der Waals surface area contributed by atoms with E-state index in [0.29, 0.717) is 18.9 Å². The monoisotopic (exact) mass is 311 g/mol. The van der Waals surface area contributed by atoms with Crippen LogP contribution in [0.2, 0.25) is 0 Å². The summed E-state index contributed by atoms with van der Waals surface area (Å²) in [5.41, 5.74) is 9.67. The Morgan fingerprint density at radius 1 is 1.00 bits per heavy atom. The molecule has 120 valence electrons. The normalized spacial score (nSPS) is 17.9. The van der Waals surface area contributed by atoms with Gasteiger partial charge < -0.3 is 20.3 Å². The molecule has 2 N–H and O–H groups in total. The zero-order valence-corrected chi connectivity index (χ0v) is 13.1. The lowest BCUT2D eigenvalue weighted by atomic mass is 10.0. The molecular formula is C17H21N5O. The Bertz CT molecular complexity index is 699. The average Bonchev–Trinajstić information content (AvgIpc) is 2.62. The van der Waals surface area contributed by atoms with E-state index in [2.05, 4.69) is 44.0 Å². The quantitative estimate of drug-likeness (QED) is 0.915. The summed E-state index contributed by atoms with van der Waals surface area (Å²) < 4.78 is 5.42. The number of nitrogens with two attached hydrogens (primary N) is 1. The molecular weight excluding hydrogens is 290 g/mol. The highest BCUT2D eigenvalue weighted by Crippen LogP contribution is 2.37. The van der Waals surface area contributed by atoms with Crippen LogP contribution in [-0.4, -0.2) is 42.8 Å². The Balaban J connectivity index is 1.73. The van der Waals surface area contributed by atoms with Gasteiger partial charge in [0.25, 0.3) is 0 Å². The van der Waals surface area contributed by atoms with Crippen molar-refractivity contribution in [2.75, 3.05) is 48.4 Å².